The molecular formula is C12H11BrFN3O. The fourth-order valence-electron chi connectivity index (χ4n) is 1.50. The number of nitrogens with zero attached hydrogens (tertiary/aromatic N) is 2. The molecule has 0 radical (unpaired) electrons. The van der Waals surface area contributed by atoms with E-state index in [0.717, 1.165) is 10.2 Å². The Morgan fingerprint density at radius 2 is 2.06 bits per heavy atom. The lowest BCUT2D eigenvalue weighted by molar-refractivity contribution is 0.432. The van der Waals surface area contributed by atoms with E-state index in [1.165, 1.54) is 12.1 Å². The maximum absolute atomic E-state index is 13.3. The van der Waals surface area contributed by atoms with E-state index in [-0.39, 0.29) is 5.75 Å². The van der Waals surface area contributed by atoms with Crippen LogP contribution in [0.5, 0.6) is 5.75 Å². The molecule has 1 heterocycles. The topological polar surface area (TPSA) is 58.0 Å². The van der Waals surface area contributed by atoms with Crippen molar-refractivity contribution in [2.75, 3.05) is 12.4 Å². The zero-order valence-corrected chi connectivity index (χ0v) is 11.4. The number of nitrogens with one attached hydrogen (secondary N) is 1. The highest BCUT2D eigenvalue weighted by Crippen LogP contribution is 2.28. The van der Waals surface area contributed by atoms with Crippen molar-refractivity contribution in [3.63, 3.8) is 0 Å². The number of aryl methyl sites for hydroxylation is 1. The molecule has 4 nitrogen and oxygen atoms in total. The summed E-state index contributed by atoms with van der Waals surface area (Å²) in [5.74, 6) is -0.0472. The van der Waals surface area contributed by atoms with E-state index in [4.69, 9.17) is 5.11 Å². The Hall–Kier alpha value is -1.69. The van der Waals surface area contributed by atoms with Crippen molar-refractivity contribution in [2.45, 2.75) is 6.92 Å². The zero-order chi connectivity index (χ0) is 13.3. The number of phenols is 1. The molecule has 0 fully saturated rings. The summed E-state index contributed by atoms with van der Waals surface area (Å²) >= 11 is 3.37. The first kappa shape index (κ1) is 12.8. The Morgan fingerprint density at radius 1 is 1.33 bits per heavy atom. The SMILES string of the molecule is CNc1nc(-c2ccc(O)c(F)c2)nc(C)c1Br. The molecule has 0 bridgehead atoms. The molecule has 0 spiro atoms. The summed E-state index contributed by atoms with van der Waals surface area (Å²) in [5.41, 5.74) is 1.26. The molecule has 2 rings (SSSR count). The summed E-state index contributed by atoms with van der Waals surface area (Å²) in [6.07, 6.45) is 0. The molecule has 94 valence electrons. The average Bonchev–Trinajstić information content (AvgIpc) is 2.36. The van der Waals surface area contributed by atoms with Crippen molar-refractivity contribution in [1.29, 1.82) is 0 Å². The maximum Gasteiger partial charge on any atom is 0.165 e. The van der Waals surface area contributed by atoms with Crippen molar-refractivity contribution < 1.29 is 9.50 Å². The molecule has 0 aliphatic rings. The van der Waals surface area contributed by atoms with Gasteiger partial charge in [-0.2, -0.15) is 0 Å². The highest BCUT2D eigenvalue weighted by atomic mass is 79.9. The van der Waals surface area contributed by atoms with Gasteiger partial charge in [-0.3, -0.25) is 0 Å². The van der Waals surface area contributed by atoms with Gasteiger partial charge in [-0.05, 0) is 41.1 Å². The van der Waals surface area contributed by atoms with Crippen LogP contribution in [0.15, 0.2) is 22.7 Å². The van der Waals surface area contributed by atoms with Crippen LogP contribution < -0.4 is 5.32 Å². The molecule has 0 aliphatic heterocycles. The lowest BCUT2D eigenvalue weighted by Crippen LogP contribution is -2.00. The van der Waals surface area contributed by atoms with Crippen LogP contribution in [-0.4, -0.2) is 22.1 Å². The van der Waals surface area contributed by atoms with Gasteiger partial charge < -0.3 is 10.4 Å². The summed E-state index contributed by atoms with van der Waals surface area (Å²) < 4.78 is 14.1. The fraction of sp³-hybridized carbons (Fsp3) is 0.167. The summed E-state index contributed by atoms with van der Waals surface area (Å²) in [6, 6.07) is 4.06. The van der Waals surface area contributed by atoms with Crippen LogP contribution in [0.2, 0.25) is 0 Å². The van der Waals surface area contributed by atoms with Gasteiger partial charge in [0.2, 0.25) is 0 Å². The van der Waals surface area contributed by atoms with Gasteiger partial charge >= 0.3 is 0 Å². The van der Waals surface area contributed by atoms with Gasteiger partial charge in [0.1, 0.15) is 5.82 Å². The van der Waals surface area contributed by atoms with E-state index < -0.39 is 5.82 Å². The number of hydrogen-bond acceptors (Lipinski definition) is 4. The van der Waals surface area contributed by atoms with Gasteiger partial charge in [0.25, 0.3) is 0 Å². The van der Waals surface area contributed by atoms with Crippen LogP contribution in [0.3, 0.4) is 0 Å². The Balaban J connectivity index is 2.57. The van der Waals surface area contributed by atoms with E-state index in [2.05, 4.69) is 31.2 Å². The summed E-state index contributed by atoms with van der Waals surface area (Å²) in [5, 5.41) is 12.1. The van der Waals surface area contributed by atoms with E-state index in [1.54, 1.807) is 13.1 Å². The first-order chi connectivity index (χ1) is 8.52. The van der Waals surface area contributed by atoms with Crippen molar-refractivity contribution >= 4 is 21.7 Å². The standard InChI is InChI=1S/C12H11BrFN3O/c1-6-10(13)12(15-2)17-11(16-6)7-3-4-9(18)8(14)5-7/h3-5,18H,1-2H3,(H,15,16,17). The van der Waals surface area contributed by atoms with Crippen LogP contribution in [0.4, 0.5) is 10.2 Å². The summed E-state index contributed by atoms with van der Waals surface area (Å²) in [4.78, 5) is 8.55. The molecule has 18 heavy (non-hydrogen) atoms. The monoisotopic (exact) mass is 311 g/mol. The number of aromatic hydroxyl groups is 1. The Morgan fingerprint density at radius 3 is 2.67 bits per heavy atom. The Kier molecular flexibility index (Phi) is 3.47. The van der Waals surface area contributed by atoms with Crippen LogP contribution in [0.1, 0.15) is 5.69 Å². The highest BCUT2D eigenvalue weighted by Gasteiger charge is 2.11. The number of rotatable bonds is 2. The number of halogens is 2. The molecule has 0 saturated heterocycles. The lowest BCUT2D eigenvalue weighted by Gasteiger charge is -2.08. The first-order valence-electron chi connectivity index (χ1n) is 5.23. The van der Waals surface area contributed by atoms with Gasteiger partial charge in [0.05, 0.1) is 10.2 Å². The molecular weight excluding hydrogens is 301 g/mol. The third kappa shape index (κ3) is 2.28. The highest BCUT2D eigenvalue weighted by molar-refractivity contribution is 9.10. The lowest BCUT2D eigenvalue weighted by atomic mass is 10.2. The average molecular weight is 312 g/mol. The molecule has 2 N–H and O–H groups in total. The van der Waals surface area contributed by atoms with Gasteiger partial charge in [0, 0.05) is 12.6 Å². The van der Waals surface area contributed by atoms with Crippen molar-refractivity contribution in [2.24, 2.45) is 0 Å². The molecule has 0 atom stereocenters. The summed E-state index contributed by atoms with van der Waals surface area (Å²) in [7, 11) is 1.74. The third-order valence-corrected chi connectivity index (χ3v) is 3.41. The molecule has 6 heteroatoms. The molecule has 0 unspecified atom stereocenters. The van der Waals surface area contributed by atoms with E-state index in [0.29, 0.717) is 17.2 Å². The predicted octanol–water partition coefficient (Wildman–Crippen LogP) is 3.10. The zero-order valence-electron chi connectivity index (χ0n) is 9.83. The quantitative estimate of drug-likeness (QED) is 0.894. The second-order valence-electron chi connectivity index (χ2n) is 3.71. The van der Waals surface area contributed by atoms with Gasteiger partial charge in [-0.25, -0.2) is 14.4 Å². The number of anilines is 1. The summed E-state index contributed by atoms with van der Waals surface area (Å²) in [6.45, 7) is 1.83. The van der Waals surface area contributed by atoms with Gasteiger partial charge in [-0.15, -0.1) is 0 Å². The minimum absolute atomic E-state index is 0.388. The predicted molar refractivity (Wildman–Crippen MR) is 71.1 cm³/mol. The number of aromatic nitrogens is 2. The van der Waals surface area contributed by atoms with E-state index in [9.17, 15) is 4.39 Å². The Bertz CT molecular complexity index is 604. The number of hydrogen-bond donors (Lipinski definition) is 2. The van der Waals surface area contributed by atoms with Crippen molar-refractivity contribution in [3.8, 4) is 17.1 Å². The molecule has 1 aromatic carbocycles. The fourth-order valence-corrected chi connectivity index (χ4v) is 1.88. The van der Waals surface area contributed by atoms with Crippen LogP contribution in [0.25, 0.3) is 11.4 Å². The molecule has 1 aromatic heterocycles. The second-order valence-corrected chi connectivity index (χ2v) is 4.50. The van der Waals surface area contributed by atoms with Gasteiger partial charge in [-0.1, -0.05) is 0 Å². The van der Waals surface area contributed by atoms with Crippen LogP contribution in [0, 0.1) is 12.7 Å². The van der Waals surface area contributed by atoms with Crippen molar-refractivity contribution in [3.05, 3.63) is 34.2 Å². The first-order valence-corrected chi connectivity index (χ1v) is 6.03. The van der Waals surface area contributed by atoms with E-state index in [1.807, 2.05) is 6.92 Å². The molecule has 0 saturated carbocycles. The van der Waals surface area contributed by atoms with Crippen LogP contribution >= 0.6 is 15.9 Å². The number of phenolic OH excluding ortho intramolecular Hbond substituents is 1. The smallest absolute Gasteiger partial charge is 0.165 e. The second kappa shape index (κ2) is 4.89. The minimum atomic E-state index is -0.692. The van der Waals surface area contributed by atoms with Gasteiger partial charge in [0.15, 0.2) is 17.4 Å². The number of benzene rings is 1. The minimum Gasteiger partial charge on any atom is -0.505 e. The Labute approximate surface area is 112 Å². The largest absolute Gasteiger partial charge is 0.505 e. The van der Waals surface area contributed by atoms with Crippen molar-refractivity contribution in [1.82, 2.24) is 9.97 Å². The molecule has 0 amide bonds. The molecule has 2 aromatic rings. The normalized spacial score (nSPS) is 10.4. The maximum atomic E-state index is 13.3. The molecule has 0 aliphatic carbocycles. The van der Waals surface area contributed by atoms with E-state index >= 15 is 0 Å². The van der Waals surface area contributed by atoms with Crippen LogP contribution in [-0.2, 0) is 0 Å². The third-order valence-electron chi connectivity index (χ3n) is 2.46.